The highest BCUT2D eigenvalue weighted by molar-refractivity contribution is 9.10. The first-order valence-corrected chi connectivity index (χ1v) is 8.48. The summed E-state index contributed by atoms with van der Waals surface area (Å²) in [4.78, 5) is 0. The lowest BCUT2D eigenvalue weighted by Gasteiger charge is -2.25. The van der Waals surface area contributed by atoms with Gasteiger partial charge in [0.2, 0.25) is 0 Å². The van der Waals surface area contributed by atoms with Crippen molar-refractivity contribution in [2.75, 3.05) is 6.54 Å². The van der Waals surface area contributed by atoms with Crippen molar-refractivity contribution < 1.29 is 0 Å². The van der Waals surface area contributed by atoms with Crippen molar-refractivity contribution in [3.63, 3.8) is 0 Å². The van der Waals surface area contributed by atoms with Crippen LogP contribution in [0.1, 0.15) is 39.7 Å². The number of thiophene rings is 1. The van der Waals surface area contributed by atoms with Gasteiger partial charge in [0.25, 0.3) is 0 Å². The van der Waals surface area contributed by atoms with E-state index in [-0.39, 0.29) is 5.41 Å². The lowest BCUT2D eigenvalue weighted by atomic mass is 9.81. The molecule has 2 rings (SSSR count). The van der Waals surface area contributed by atoms with E-state index in [2.05, 4.69) is 72.5 Å². The van der Waals surface area contributed by atoms with E-state index >= 15 is 0 Å². The lowest BCUT2D eigenvalue weighted by Crippen LogP contribution is -2.29. The molecule has 0 atom stereocenters. The van der Waals surface area contributed by atoms with Crippen molar-refractivity contribution in [2.24, 2.45) is 0 Å². The molecular formula is C16H22BrNS. The van der Waals surface area contributed by atoms with Crippen LogP contribution >= 0.6 is 27.3 Å². The Morgan fingerprint density at radius 1 is 1.32 bits per heavy atom. The van der Waals surface area contributed by atoms with Gasteiger partial charge in [0.1, 0.15) is 0 Å². The minimum Gasteiger partial charge on any atom is -0.315 e. The van der Waals surface area contributed by atoms with Crippen molar-refractivity contribution in [3.05, 3.63) is 33.6 Å². The molecule has 1 aromatic carbocycles. The van der Waals surface area contributed by atoms with Crippen LogP contribution in [0.5, 0.6) is 0 Å². The number of nitrogens with one attached hydrogen (secondary N) is 1. The molecule has 0 amide bonds. The van der Waals surface area contributed by atoms with E-state index in [0.29, 0.717) is 6.04 Å². The van der Waals surface area contributed by atoms with Crippen molar-refractivity contribution >= 4 is 37.4 Å². The van der Waals surface area contributed by atoms with Gasteiger partial charge in [-0.15, -0.1) is 11.3 Å². The van der Waals surface area contributed by atoms with Crippen molar-refractivity contribution in [2.45, 2.75) is 45.6 Å². The molecule has 1 heterocycles. The van der Waals surface area contributed by atoms with Gasteiger partial charge in [-0.1, -0.05) is 39.8 Å². The van der Waals surface area contributed by atoms with E-state index in [0.717, 1.165) is 13.0 Å². The molecule has 0 radical (unpaired) electrons. The van der Waals surface area contributed by atoms with Gasteiger partial charge in [0.15, 0.2) is 0 Å². The summed E-state index contributed by atoms with van der Waals surface area (Å²) in [6.07, 6.45) is 1.16. The second kappa shape index (κ2) is 5.94. The Balaban J connectivity index is 2.25. The van der Waals surface area contributed by atoms with Gasteiger partial charge in [0, 0.05) is 15.2 Å². The molecule has 0 aliphatic heterocycles. The molecule has 0 saturated heterocycles. The van der Waals surface area contributed by atoms with Crippen LogP contribution in [-0.4, -0.2) is 12.6 Å². The van der Waals surface area contributed by atoms with Crippen LogP contribution < -0.4 is 5.32 Å². The third kappa shape index (κ3) is 3.39. The SMILES string of the molecule is CC(C)NCCC(C)(C)c1csc2c(Br)cccc12. The minimum absolute atomic E-state index is 0.209. The van der Waals surface area contributed by atoms with E-state index in [1.807, 2.05) is 11.3 Å². The molecule has 104 valence electrons. The van der Waals surface area contributed by atoms with Crippen LogP contribution in [0.3, 0.4) is 0 Å². The smallest absolute Gasteiger partial charge is 0.0487 e. The van der Waals surface area contributed by atoms with Gasteiger partial charge >= 0.3 is 0 Å². The number of fused-ring (bicyclic) bond motifs is 1. The third-order valence-electron chi connectivity index (χ3n) is 3.58. The highest BCUT2D eigenvalue weighted by Gasteiger charge is 2.24. The van der Waals surface area contributed by atoms with Gasteiger partial charge in [0.05, 0.1) is 0 Å². The maximum absolute atomic E-state index is 3.65. The zero-order valence-corrected chi connectivity index (χ0v) is 14.5. The molecular weight excluding hydrogens is 318 g/mol. The summed E-state index contributed by atoms with van der Waals surface area (Å²) in [7, 11) is 0. The zero-order valence-electron chi connectivity index (χ0n) is 12.1. The Kier molecular flexibility index (Phi) is 4.70. The second-order valence-electron chi connectivity index (χ2n) is 6.01. The first kappa shape index (κ1) is 15.0. The topological polar surface area (TPSA) is 12.0 Å². The normalized spacial score (nSPS) is 12.5. The van der Waals surface area contributed by atoms with Crippen LogP contribution in [-0.2, 0) is 5.41 Å². The number of hydrogen-bond donors (Lipinski definition) is 1. The lowest BCUT2D eigenvalue weighted by molar-refractivity contribution is 0.445. The molecule has 0 bridgehead atoms. The van der Waals surface area contributed by atoms with Crippen LogP contribution in [0.2, 0.25) is 0 Å². The molecule has 0 aliphatic rings. The molecule has 1 nitrogen and oxygen atoms in total. The Morgan fingerprint density at radius 2 is 2.05 bits per heavy atom. The molecule has 0 spiro atoms. The molecule has 1 aromatic heterocycles. The quantitative estimate of drug-likeness (QED) is 0.776. The van der Waals surface area contributed by atoms with E-state index in [1.54, 1.807) is 0 Å². The first-order valence-electron chi connectivity index (χ1n) is 6.81. The Bertz CT molecular complexity index is 557. The predicted octanol–water partition coefficient (Wildman–Crippen LogP) is 5.33. The molecule has 0 fully saturated rings. The molecule has 3 heteroatoms. The Hall–Kier alpha value is -0.380. The van der Waals surface area contributed by atoms with E-state index < -0.39 is 0 Å². The standard InChI is InChI=1S/C16H22BrNS/c1-11(2)18-9-8-16(3,4)13-10-19-15-12(13)6-5-7-14(15)17/h5-7,10-11,18H,8-9H2,1-4H3. The van der Waals surface area contributed by atoms with Gasteiger partial charge < -0.3 is 5.32 Å². The number of rotatable bonds is 5. The van der Waals surface area contributed by atoms with E-state index in [1.165, 1.54) is 20.1 Å². The zero-order chi connectivity index (χ0) is 14.0. The summed E-state index contributed by atoms with van der Waals surface area (Å²) in [6.45, 7) is 10.2. The second-order valence-corrected chi connectivity index (χ2v) is 7.74. The van der Waals surface area contributed by atoms with Gasteiger partial charge in [-0.05, 0) is 56.7 Å². The van der Waals surface area contributed by atoms with E-state index in [4.69, 9.17) is 0 Å². The van der Waals surface area contributed by atoms with Crippen LogP contribution in [0.4, 0.5) is 0 Å². The Morgan fingerprint density at radius 3 is 2.74 bits per heavy atom. The van der Waals surface area contributed by atoms with Crippen molar-refractivity contribution in [3.8, 4) is 0 Å². The predicted molar refractivity (Wildman–Crippen MR) is 90.3 cm³/mol. The molecule has 2 aromatic rings. The Labute approximate surface area is 128 Å². The fourth-order valence-electron chi connectivity index (χ4n) is 2.35. The summed E-state index contributed by atoms with van der Waals surface area (Å²) in [5.74, 6) is 0. The summed E-state index contributed by atoms with van der Waals surface area (Å²) in [5.41, 5.74) is 1.68. The fraction of sp³-hybridized carbons (Fsp3) is 0.500. The van der Waals surface area contributed by atoms with Crippen LogP contribution in [0, 0.1) is 0 Å². The third-order valence-corrected chi connectivity index (χ3v) is 5.54. The summed E-state index contributed by atoms with van der Waals surface area (Å²) < 4.78 is 2.57. The van der Waals surface area contributed by atoms with Crippen LogP contribution in [0.15, 0.2) is 28.1 Å². The molecule has 1 N–H and O–H groups in total. The monoisotopic (exact) mass is 339 g/mol. The first-order chi connectivity index (χ1) is 8.92. The number of halogens is 1. The van der Waals surface area contributed by atoms with Gasteiger partial charge in [-0.25, -0.2) is 0 Å². The summed E-state index contributed by atoms with van der Waals surface area (Å²) >= 11 is 5.49. The molecule has 0 saturated carbocycles. The molecule has 19 heavy (non-hydrogen) atoms. The number of hydrogen-bond acceptors (Lipinski definition) is 2. The average molecular weight is 340 g/mol. The molecule has 0 aliphatic carbocycles. The van der Waals surface area contributed by atoms with Crippen LogP contribution in [0.25, 0.3) is 10.1 Å². The van der Waals surface area contributed by atoms with Crippen molar-refractivity contribution in [1.82, 2.24) is 5.32 Å². The number of benzene rings is 1. The summed E-state index contributed by atoms with van der Waals surface area (Å²) in [6, 6.07) is 7.05. The highest BCUT2D eigenvalue weighted by Crippen LogP contribution is 2.39. The average Bonchev–Trinajstić information content (AvgIpc) is 2.74. The molecule has 0 unspecified atom stereocenters. The summed E-state index contributed by atoms with van der Waals surface area (Å²) in [5, 5.41) is 7.24. The van der Waals surface area contributed by atoms with E-state index in [9.17, 15) is 0 Å². The van der Waals surface area contributed by atoms with Gasteiger partial charge in [-0.3, -0.25) is 0 Å². The largest absolute Gasteiger partial charge is 0.315 e. The maximum atomic E-state index is 3.65. The fourth-order valence-corrected chi connectivity index (χ4v) is 4.17. The van der Waals surface area contributed by atoms with Crippen molar-refractivity contribution in [1.29, 1.82) is 0 Å². The van der Waals surface area contributed by atoms with Gasteiger partial charge in [-0.2, -0.15) is 0 Å². The minimum atomic E-state index is 0.209. The highest BCUT2D eigenvalue weighted by atomic mass is 79.9. The maximum Gasteiger partial charge on any atom is 0.0487 e.